The van der Waals surface area contributed by atoms with E-state index < -0.39 is 6.10 Å². The van der Waals surface area contributed by atoms with Gasteiger partial charge in [0.2, 0.25) is 0 Å². The normalized spacial score (nSPS) is 16.5. The van der Waals surface area contributed by atoms with Crippen molar-refractivity contribution in [3.8, 4) is 5.75 Å². The molecule has 1 aliphatic rings. The van der Waals surface area contributed by atoms with Crippen molar-refractivity contribution < 1.29 is 14.3 Å². The van der Waals surface area contributed by atoms with Crippen LogP contribution in [0.1, 0.15) is 36.7 Å². The van der Waals surface area contributed by atoms with Gasteiger partial charge < -0.3 is 15.0 Å². The molecule has 0 saturated carbocycles. The number of amides is 2. The highest BCUT2D eigenvalue weighted by atomic mass is 16.5. The fourth-order valence-electron chi connectivity index (χ4n) is 2.99. The topological polar surface area (TPSA) is 58.6 Å². The zero-order chi connectivity index (χ0) is 18.9. The average Bonchev–Trinajstić information content (AvgIpc) is 2.65. The van der Waals surface area contributed by atoms with Gasteiger partial charge in [-0.15, -0.1) is 0 Å². The lowest BCUT2D eigenvalue weighted by Crippen LogP contribution is -2.50. The number of fused-ring (bicyclic) bond motifs is 1. The quantitative estimate of drug-likeness (QED) is 0.903. The molecule has 2 aromatic carbocycles. The second-order valence-corrected chi connectivity index (χ2v) is 7.43. The summed E-state index contributed by atoms with van der Waals surface area (Å²) in [6.45, 7) is 6.58. The smallest absolute Gasteiger partial charge is 0.262 e. The van der Waals surface area contributed by atoms with E-state index in [1.165, 1.54) is 5.56 Å². The van der Waals surface area contributed by atoms with Crippen molar-refractivity contribution in [2.24, 2.45) is 0 Å². The van der Waals surface area contributed by atoms with Gasteiger partial charge >= 0.3 is 0 Å². The molecule has 0 radical (unpaired) electrons. The molecule has 0 spiro atoms. The maximum Gasteiger partial charge on any atom is 0.262 e. The number of carbonyl (C=O) groups excluding carboxylic acids is 2. The Morgan fingerprint density at radius 2 is 1.73 bits per heavy atom. The number of ether oxygens (including phenoxy) is 1. The maximum absolute atomic E-state index is 13.1. The lowest BCUT2D eigenvalue weighted by molar-refractivity contribution is -0.127. The molecule has 0 fully saturated rings. The van der Waals surface area contributed by atoms with Gasteiger partial charge in [0.15, 0.2) is 6.10 Å². The molecule has 26 heavy (non-hydrogen) atoms. The molecule has 1 N–H and O–H groups in total. The largest absolute Gasteiger partial charge is 0.477 e. The van der Waals surface area contributed by atoms with Crippen LogP contribution in [-0.4, -0.2) is 31.5 Å². The van der Waals surface area contributed by atoms with Crippen LogP contribution in [0.2, 0.25) is 0 Å². The summed E-state index contributed by atoms with van der Waals surface area (Å²) >= 11 is 0. The standard InChI is InChI=1S/C21H24N2O3/c1-21(2,3)15-11-9-14(10-12-15)20(25)23-13-18(19(24)22-4)26-17-8-6-5-7-16(17)23/h5-12,18H,13H2,1-4H3,(H,22,24)/t18-/m0/s1. The van der Waals surface area contributed by atoms with E-state index in [0.717, 1.165) is 0 Å². The summed E-state index contributed by atoms with van der Waals surface area (Å²) in [5.74, 6) is 0.141. The van der Waals surface area contributed by atoms with Crippen LogP contribution in [0.3, 0.4) is 0 Å². The number of para-hydroxylation sites is 2. The minimum absolute atomic E-state index is 0.0252. The van der Waals surface area contributed by atoms with Crippen molar-refractivity contribution in [1.29, 1.82) is 0 Å². The van der Waals surface area contributed by atoms with Crippen LogP contribution in [0.4, 0.5) is 5.69 Å². The fraction of sp³-hybridized carbons (Fsp3) is 0.333. The summed E-state index contributed by atoms with van der Waals surface area (Å²) in [6, 6.07) is 14.9. The lowest BCUT2D eigenvalue weighted by atomic mass is 9.86. The number of carbonyl (C=O) groups is 2. The highest BCUT2D eigenvalue weighted by molar-refractivity contribution is 6.07. The Labute approximate surface area is 154 Å². The van der Waals surface area contributed by atoms with Crippen molar-refractivity contribution in [3.63, 3.8) is 0 Å². The van der Waals surface area contributed by atoms with E-state index >= 15 is 0 Å². The molecule has 0 aliphatic carbocycles. The number of anilines is 1. The number of hydrogen-bond acceptors (Lipinski definition) is 3. The minimum atomic E-state index is -0.729. The van der Waals surface area contributed by atoms with Crippen LogP contribution >= 0.6 is 0 Å². The molecule has 2 aromatic rings. The molecule has 1 heterocycles. The number of likely N-dealkylation sites (N-methyl/N-ethyl adjacent to an activating group) is 1. The van der Waals surface area contributed by atoms with Crippen LogP contribution < -0.4 is 15.0 Å². The Hall–Kier alpha value is -2.82. The second-order valence-electron chi connectivity index (χ2n) is 7.43. The molecule has 1 aliphatic heterocycles. The van der Waals surface area contributed by atoms with Gasteiger partial charge in [-0.05, 0) is 35.2 Å². The maximum atomic E-state index is 13.1. The zero-order valence-electron chi connectivity index (χ0n) is 15.6. The van der Waals surface area contributed by atoms with Gasteiger partial charge in [0.25, 0.3) is 11.8 Å². The predicted octanol–water partition coefficient (Wildman–Crippen LogP) is 3.14. The van der Waals surface area contributed by atoms with Gasteiger partial charge in [0.1, 0.15) is 5.75 Å². The zero-order valence-corrected chi connectivity index (χ0v) is 15.6. The first-order valence-corrected chi connectivity index (χ1v) is 8.71. The Kier molecular flexibility index (Phi) is 4.72. The van der Waals surface area contributed by atoms with Crippen LogP contribution in [-0.2, 0) is 10.2 Å². The molecule has 136 valence electrons. The number of nitrogens with one attached hydrogen (secondary N) is 1. The van der Waals surface area contributed by atoms with Crippen LogP contribution in [0, 0.1) is 0 Å². The van der Waals surface area contributed by atoms with Crippen molar-refractivity contribution >= 4 is 17.5 Å². The van der Waals surface area contributed by atoms with E-state index in [9.17, 15) is 9.59 Å². The third-order valence-electron chi connectivity index (χ3n) is 4.56. The van der Waals surface area contributed by atoms with E-state index in [0.29, 0.717) is 17.0 Å². The summed E-state index contributed by atoms with van der Waals surface area (Å²) in [4.78, 5) is 26.8. The summed E-state index contributed by atoms with van der Waals surface area (Å²) in [6.07, 6.45) is -0.729. The van der Waals surface area contributed by atoms with Crippen molar-refractivity contribution in [2.75, 3.05) is 18.5 Å². The summed E-state index contributed by atoms with van der Waals surface area (Å²) in [5, 5.41) is 2.59. The number of nitrogens with zero attached hydrogens (tertiary/aromatic N) is 1. The van der Waals surface area contributed by atoms with Gasteiger partial charge in [-0.1, -0.05) is 45.0 Å². The van der Waals surface area contributed by atoms with E-state index in [1.54, 1.807) is 18.0 Å². The SMILES string of the molecule is CNC(=O)[C@@H]1CN(C(=O)c2ccc(C(C)(C)C)cc2)c2ccccc2O1. The first-order valence-electron chi connectivity index (χ1n) is 8.71. The van der Waals surface area contributed by atoms with E-state index in [-0.39, 0.29) is 23.8 Å². The van der Waals surface area contributed by atoms with E-state index in [4.69, 9.17) is 4.74 Å². The minimum Gasteiger partial charge on any atom is -0.477 e. The first-order chi connectivity index (χ1) is 12.3. The van der Waals surface area contributed by atoms with Crippen molar-refractivity contribution in [2.45, 2.75) is 32.3 Å². The third-order valence-corrected chi connectivity index (χ3v) is 4.56. The molecule has 0 saturated heterocycles. The Morgan fingerprint density at radius 1 is 1.08 bits per heavy atom. The van der Waals surface area contributed by atoms with Crippen molar-refractivity contribution in [1.82, 2.24) is 5.32 Å². The van der Waals surface area contributed by atoms with Crippen LogP contribution in [0.25, 0.3) is 0 Å². The summed E-state index contributed by atoms with van der Waals surface area (Å²) < 4.78 is 5.76. The summed E-state index contributed by atoms with van der Waals surface area (Å²) in [7, 11) is 1.56. The Morgan fingerprint density at radius 3 is 2.35 bits per heavy atom. The molecule has 0 aromatic heterocycles. The molecule has 1 atom stereocenters. The van der Waals surface area contributed by atoms with E-state index in [2.05, 4.69) is 26.1 Å². The van der Waals surface area contributed by atoms with Crippen LogP contribution in [0.15, 0.2) is 48.5 Å². The molecular formula is C21H24N2O3. The molecule has 0 unspecified atom stereocenters. The molecule has 0 bridgehead atoms. The molecule has 5 nitrogen and oxygen atoms in total. The van der Waals surface area contributed by atoms with Gasteiger partial charge in [-0.2, -0.15) is 0 Å². The fourth-order valence-corrected chi connectivity index (χ4v) is 2.99. The third kappa shape index (κ3) is 3.43. The second kappa shape index (κ2) is 6.83. The Bertz CT molecular complexity index is 822. The average molecular weight is 352 g/mol. The van der Waals surface area contributed by atoms with E-state index in [1.807, 2.05) is 42.5 Å². The molecule has 3 rings (SSSR count). The van der Waals surface area contributed by atoms with Gasteiger partial charge in [-0.3, -0.25) is 9.59 Å². The highest BCUT2D eigenvalue weighted by Crippen LogP contribution is 2.34. The lowest BCUT2D eigenvalue weighted by Gasteiger charge is -2.34. The summed E-state index contributed by atoms with van der Waals surface area (Å²) in [5.41, 5.74) is 2.46. The van der Waals surface area contributed by atoms with Gasteiger partial charge in [0, 0.05) is 12.6 Å². The van der Waals surface area contributed by atoms with Crippen LogP contribution in [0.5, 0.6) is 5.75 Å². The van der Waals surface area contributed by atoms with Crippen molar-refractivity contribution in [3.05, 3.63) is 59.7 Å². The number of rotatable bonds is 2. The molecular weight excluding hydrogens is 328 g/mol. The van der Waals surface area contributed by atoms with Gasteiger partial charge in [0.05, 0.1) is 12.2 Å². The number of hydrogen-bond donors (Lipinski definition) is 1. The monoisotopic (exact) mass is 352 g/mol. The number of benzene rings is 2. The predicted molar refractivity (Wildman–Crippen MR) is 102 cm³/mol. The molecule has 5 heteroatoms. The Balaban J connectivity index is 1.93. The first kappa shape index (κ1) is 18.0. The molecule has 2 amide bonds. The van der Waals surface area contributed by atoms with Gasteiger partial charge in [-0.25, -0.2) is 0 Å². The highest BCUT2D eigenvalue weighted by Gasteiger charge is 2.33.